The van der Waals surface area contributed by atoms with Crippen LogP contribution in [0.1, 0.15) is 22.9 Å². The van der Waals surface area contributed by atoms with Gasteiger partial charge in [-0.25, -0.2) is 9.97 Å². The number of hydrogen-bond donors (Lipinski definition) is 0. The molecule has 0 fully saturated rings. The van der Waals surface area contributed by atoms with Crippen molar-refractivity contribution in [2.75, 3.05) is 0 Å². The Balaban J connectivity index is 0.800. The lowest BCUT2D eigenvalue weighted by molar-refractivity contribution is 0.0727. The Morgan fingerprint density at radius 3 is 1.37 bits per heavy atom. The maximum Gasteiger partial charge on any atom is 0.163 e. The molecule has 0 unspecified atom stereocenters. The van der Waals surface area contributed by atoms with Gasteiger partial charge in [0.25, 0.3) is 0 Å². The number of benzene rings is 4. The molecule has 4 aromatic heterocycles. The zero-order valence-corrected chi connectivity index (χ0v) is 26.4. The first-order chi connectivity index (χ1) is 24.2. The number of fused-ring (bicyclic) bond motifs is 2. The molecule has 0 saturated carbocycles. The fourth-order valence-electron chi connectivity index (χ4n) is 5.42. The Kier molecular flexibility index (Phi) is 8.46. The fourth-order valence-corrected chi connectivity index (χ4v) is 5.42. The lowest BCUT2D eigenvalue weighted by Crippen LogP contribution is -1.98. The summed E-state index contributed by atoms with van der Waals surface area (Å²) in [5.41, 5.74) is 6.90. The number of hydrogen-bond acceptors (Lipinski definition) is 9. The molecule has 4 aromatic carbocycles. The van der Waals surface area contributed by atoms with Crippen LogP contribution in [0.5, 0.6) is 11.5 Å². The average molecular weight is 647 g/mol. The monoisotopic (exact) mass is 646 g/mol. The average Bonchev–Trinajstić information content (AvgIpc) is 3.84. The molecular weight excluding hydrogens is 616 g/mol. The van der Waals surface area contributed by atoms with E-state index in [4.69, 9.17) is 23.3 Å². The smallest absolute Gasteiger partial charge is 0.163 e. The highest BCUT2D eigenvalue weighted by Crippen LogP contribution is 2.25. The molecule has 0 atom stereocenters. The Morgan fingerprint density at radius 2 is 0.898 bits per heavy atom. The molecule has 0 aliphatic rings. The minimum Gasteiger partial charge on any atom is -0.487 e. The van der Waals surface area contributed by atoms with E-state index in [0.717, 1.165) is 55.8 Å². The van der Waals surface area contributed by atoms with E-state index in [2.05, 4.69) is 32.4 Å². The molecule has 0 spiro atoms. The van der Waals surface area contributed by atoms with Gasteiger partial charge in [0.1, 0.15) is 49.3 Å². The van der Waals surface area contributed by atoms with Crippen LogP contribution in [0.4, 0.5) is 0 Å². The highest BCUT2D eigenvalue weighted by Gasteiger charge is 2.11. The second-order valence-corrected chi connectivity index (χ2v) is 11.5. The maximum absolute atomic E-state index is 5.96. The van der Waals surface area contributed by atoms with Crippen LogP contribution in [0, 0.1) is 0 Å². The maximum atomic E-state index is 5.96. The van der Waals surface area contributed by atoms with Gasteiger partial charge in [-0.05, 0) is 72.8 Å². The molecule has 49 heavy (non-hydrogen) atoms. The van der Waals surface area contributed by atoms with Crippen LogP contribution >= 0.6 is 0 Å². The highest BCUT2D eigenvalue weighted by atomic mass is 16.5. The molecule has 0 saturated heterocycles. The third-order valence-electron chi connectivity index (χ3n) is 7.99. The van der Waals surface area contributed by atoms with Gasteiger partial charge in [0.05, 0.1) is 22.4 Å². The molecule has 0 bridgehead atoms. The van der Waals surface area contributed by atoms with E-state index in [1.54, 1.807) is 0 Å². The van der Waals surface area contributed by atoms with Crippen molar-refractivity contribution in [1.29, 1.82) is 0 Å². The lowest BCUT2D eigenvalue weighted by atomic mass is 10.1. The van der Waals surface area contributed by atoms with Gasteiger partial charge >= 0.3 is 0 Å². The normalized spacial score (nSPS) is 11.3. The number of para-hydroxylation sites is 2. The van der Waals surface area contributed by atoms with E-state index < -0.39 is 0 Å². The number of pyridine rings is 2. The van der Waals surface area contributed by atoms with Crippen LogP contribution in [0.25, 0.3) is 44.3 Å². The largest absolute Gasteiger partial charge is 0.487 e. The highest BCUT2D eigenvalue weighted by molar-refractivity contribution is 5.79. The quantitative estimate of drug-likeness (QED) is 0.129. The number of rotatable bonds is 12. The molecule has 240 valence electrons. The van der Waals surface area contributed by atoms with Crippen molar-refractivity contribution >= 4 is 21.8 Å². The van der Waals surface area contributed by atoms with Gasteiger partial charge in [-0.15, -0.1) is 0 Å². The Morgan fingerprint density at radius 1 is 0.449 bits per heavy atom. The summed E-state index contributed by atoms with van der Waals surface area (Å²) in [6.45, 7) is 1.24. The topological polar surface area (TPSA) is 106 Å². The molecule has 0 amide bonds. The van der Waals surface area contributed by atoms with Crippen molar-refractivity contribution in [3.8, 4) is 34.0 Å². The predicted octanol–water partition coefficient (Wildman–Crippen LogP) is 8.97. The van der Waals surface area contributed by atoms with Crippen molar-refractivity contribution in [2.45, 2.75) is 26.4 Å². The summed E-state index contributed by atoms with van der Waals surface area (Å²) in [4.78, 5) is 9.33. The van der Waals surface area contributed by atoms with Crippen molar-refractivity contribution in [1.82, 2.24) is 20.3 Å². The molecule has 8 aromatic rings. The third-order valence-corrected chi connectivity index (χ3v) is 7.99. The fraction of sp³-hybridized carbons (Fsp3) is 0.100. The van der Waals surface area contributed by atoms with Crippen molar-refractivity contribution in [3.63, 3.8) is 0 Å². The molecule has 0 radical (unpaired) electrons. The van der Waals surface area contributed by atoms with Gasteiger partial charge in [0.2, 0.25) is 0 Å². The van der Waals surface area contributed by atoms with E-state index in [1.165, 1.54) is 0 Å². The molecule has 0 aliphatic carbocycles. The Labute approximate surface area is 281 Å². The van der Waals surface area contributed by atoms with Crippen molar-refractivity contribution in [2.24, 2.45) is 0 Å². The Hall–Kier alpha value is -6.32. The third kappa shape index (κ3) is 7.17. The van der Waals surface area contributed by atoms with Crippen LogP contribution in [0.15, 0.2) is 143 Å². The van der Waals surface area contributed by atoms with Crippen LogP contribution in [-0.2, 0) is 31.2 Å². The minimum atomic E-state index is 0.237. The molecule has 8 rings (SSSR count). The summed E-state index contributed by atoms with van der Waals surface area (Å²) in [6.07, 6.45) is 0. The summed E-state index contributed by atoms with van der Waals surface area (Å²) in [7, 11) is 0. The molecule has 9 nitrogen and oxygen atoms in total. The zero-order chi connectivity index (χ0) is 32.8. The van der Waals surface area contributed by atoms with Gasteiger partial charge in [-0.2, -0.15) is 0 Å². The van der Waals surface area contributed by atoms with Crippen LogP contribution in [0.2, 0.25) is 0 Å². The zero-order valence-electron chi connectivity index (χ0n) is 26.4. The van der Waals surface area contributed by atoms with Gasteiger partial charge < -0.3 is 23.3 Å². The van der Waals surface area contributed by atoms with Crippen LogP contribution < -0.4 is 9.47 Å². The molecular formula is C40H30N4O5. The van der Waals surface area contributed by atoms with Gasteiger partial charge in [0, 0.05) is 34.0 Å². The first-order valence-electron chi connectivity index (χ1n) is 15.9. The Bertz CT molecular complexity index is 2170. The number of aromatic nitrogens is 4. The van der Waals surface area contributed by atoms with Crippen LogP contribution in [-0.4, -0.2) is 20.3 Å². The van der Waals surface area contributed by atoms with Crippen molar-refractivity contribution < 1.29 is 23.3 Å². The predicted molar refractivity (Wildman–Crippen MR) is 185 cm³/mol. The summed E-state index contributed by atoms with van der Waals surface area (Å²) in [5.74, 6) is 2.70. The minimum absolute atomic E-state index is 0.237. The van der Waals surface area contributed by atoms with Gasteiger partial charge in [-0.3, -0.25) is 0 Å². The molecule has 0 aliphatic heterocycles. The standard InChI is InChI=1S/C40H30N4O5/c1-3-7-37-27(5-1)9-15-31(41-37)23-46-33-17-11-29(12-18-33)39-21-35(48-43-39)25-45-26-36-22-40(44-49-36)30-13-19-34(20-14-30)47-24-32-16-10-28-6-2-4-8-38(28)42-32/h1-22H,23-26H2. The number of nitrogens with zero attached hydrogens (tertiary/aromatic N) is 4. The summed E-state index contributed by atoms with van der Waals surface area (Å²) in [5, 5.41) is 10.6. The summed E-state index contributed by atoms with van der Waals surface area (Å²) >= 11 is 0. The first-order valence-corrected chi connectivity index (χ1v) is 15.9. The van der Waals surface area contributed by atoms with Gasteiger partial charge in [0.15, 0.2) is 11.5 Å². The second-order valence-electron chi connectivity index (χ2n) is 11.5. The van der Waals surface area contributed by atoms with E-state index in [0.29, 0.717) is 36.1 Å². The van der Waals surface area contributed by atoms with E-state index >= 15 is 0 Å². The molecule has 0 N–H and O–H groups in total. The van der Waals surface area contributed by atoms with Gasteiger partial charge in [-0.1, -0.05) is 58.8 Å². The first kappa shape index (κ1) is 30.0. The summed E-state index contributed by atoms with van der Waals surface area (Å²) < 4.78 is 28.7. The van der Waals surface area contributed by atoms with E-state index in [1.807, 2.05) is 121 Å². The second kappa shape index (κ2) is 13.8. The van der Waals surface area contributed by atoms with E-state index in [9.17, 15) is 0 Å². The van der Waals surface area contributed by atoms with Crippen molar-refractivity contribution in [3.05, 3.63) is 156 Å². The SMILES string of the molecule is c1ccc2nc(COc3ccc(-c4cc(COCc5cc(-c6ccc(OCc7ccc8ccccc8n7)cc6)no5)on4)cc3)ccc2c1. The van der Waals surface area contributed by atoms with Crippen LogP contribution in [0.3, 0.4) is 0 Å². The lowest BCUT2D eigenvalue weighted by Gasteiger charge is -2.07. The summed E-state index contributed by atoms with van der Waals surface area (Å²) in [6, 6.07) is 43.3. The molecule has 4 heterocycles. The van der Waals surface area contributed by atoms with E-state index in [-0.39, 0.29) is 13.2 Å². The molecule has 9 heteroatoms. The number of ether oxygens (including phenoxy) is 3.